The van der Waals surface area contributed by atoms with Crippen molar-refractivity contribution in [2.45, 2.75) is 30.7 Å². The van der Waals surface area contributed by atoms with Gasteiger partial charge < -0.3 is 15.9 Å². The van der Waals surface area contributed by atoms with Gasteiger partial charge in [0.25, 0.3) is 6.04 Å². The van der Waals surface area contributed by atoms with Crippen molar-refractivity contribution in [3.63, 3.8) is 0 Å². The van der Waals surface area contributed by atoms with E-state index in [-0.39, 0.29) is 5.75 Å². The zero-order chi connectivity index (χ0) is 15.1. The quantitative estimate of drug-likeness (QED) is 0.267. The predicted molar refractivity (Wildman–Crippen MR) is 78.9 cm³/mol. The van der Waals surface area contributed by atoms with Gasteiger partial charge in [-0.2, -0.15) is 25.3 Å². The number of carboxylic acid groups (broad SMARTS) is 2. The summed E-state index contributed by atoms with van der Waals surface area (Å²) >= 11 is 16.5. The molecule has 18 heavy (non-hydrogen) atoms. The molecule has 0 saturated carbocycles. The topological polar surface area (TPSA) is 104 Å². The highest BCUT2D eigenvalue weighted by Gasteiger charge is 2.27. The van der Waals surface area contributed by atoms with Gasteiger partial charge in [-0.3, -0.25) is 4.79 Å². The van der Waals surface area contributed by atoms with Crippen molar-refractivity contribution in [3.8, 4) is 0 Å². The maximum Gasteiger partial charge on any atom is 0.373 e. The first kappa shape index (κ1) is 20.2. The fourth-order valence-electron chi connectivity index (χ4n) is 0.537. The lowest BCUT2D eigenvalue weighted by atomic mass is 10.1. The Labute approximate surface area is 127 Å². The summed E-state index contributed by atoms with van der Waals surface area (Å²) in [5.41, 5.74) is 5.22. The molecule has 2 atom stereocenters. The van der Waals surface area contributed by atoms with Gasteiger partial charge >= 0.3 is 11.9 Å². The number of hydrogen-bond acceptors (Lipinski definition) is 7. The molecular weight excluding hydrogens is 316 g/mol. The molecule has 0 aromatic rings. The van der Waals surface area contributed by atoms with Crippen LogP contribution in [0, 0.1) is 0 Å². The normalized spacial score (nSPS) is 13.8. The highest BCUT2D eigenvalue weighted by molar-refractivity contribution is 7.81. The second kappa shape index (κ2) is 8.86. The van der Waals surface area contributed by atoms with E-state index >= 15 is 0 Å². The minimum absolute atomic E-state index is 0.141. The molecule has 0 rings (SSSR count). The van der Waals surface area contributed by atoms with Crippen molar-refractivity contribution in [1.82, 2.24) is 0 Å². The molecule has 10 heteroatoms. The summed E-state index contributed by atoms with van der Waals surface area (Å²) in [5, 5.41) is 16.7. The minimum Gasteiger partial charge on any atom is -0.480 e. The van der Waals surface area contributed by atoms with E-state index in [0.29, 0.717) is 0 Å². The largest absolute Gasteiger partial charge is 0.480 e. The maximum absolute atomic E-state index is 10.2. The molecule has 0 heterocycles. The van der Waals surface area contributed by atoms with E-state index in [2.05, 4.69) is 50.5 Å². The molecule has 0 amide bonds. The molecule has 2 unspecified atom stereocenters. The van der Waals surface area contributed by atoms with E-state index in [1.165, 1.54) is 0 Å². The highest BCUT2D eigenvalue weighted by Crippen LogP contribution is 2.15. The van der Waals surface area contributed by atoms with Crippen LogP contribution in [0.15, 0.2) is 0 Å². The van der Waals surface area contributed by atoms with Crippen LogP contribution < -0.4 is 5.73 Å². The molecule has 0 aromatic carbocycles. The third-order valence-corrected chi connectivity index (χ3v) is 2.87. The van der Waals surface area contributed by atoms with Crippen LogP contribution in [0.1, 0.15) is 13.8 Å². The monoisotopic (exact) mass is 332 g/mol. The number of nitrogens with two attached hydrogens (primary N) is 1. The number of carboxylic acids is 2. The second-order valence-corrected chi connectivity index (χ2v) is 6.33. The van der Waals surface area contributed by atoms with Crippen LogP contribution in [0.3, 0.4) is 0 Å². The number of aliphatic carboxylic acids is 2. The van der Waals surface area contributed by atoms with Crippen LogP contribution in [-0.4, -0.2) is 48.1 Å². The van der Waals surface area contributed by atoms with Crippen molar-refractivity contribution in [1.29, 1.82) is 0 Å². The van der Waals surface area contributed by atoms with Crippen LogP contribution >= 0.6 is 25.3 Å². The van der Waals surface area contributed by atoms with Gasteiger partial charge in [-0.1, -0.05) is 25.2 Å². The van der Waals surface area contributed by atoms with Crippen molar-refractivity contribution in [3.05, 3.63) is 0 Å². The van der Waals surface area contributed by atoms with Crippen LogP contribution in [0.4, 0.5) is 0 Å². The zero-order valence-electron chi connectivity index (χ0n) is 9.81. The number of hydrogen-bond donors (Lipinski definition) is 5. The van der Waals surface area contributed by atoms with Gasteiger partial charge in [-0.25, -0.2) is 8.15 Å². The lowest BCUT2D eigenvalue weighted by molar-refractivity contribution is -0.348. The first-order valence-corrected chi connectivity index (χ1v) is 6.44. The van der Waals surface area contributed by atoms with Crippen molar-refractivity contribution in [2.75, 3.05) is 5.75 Å². The molecule has 0 aliphatic heterocycles. The van der Waals surface area contributed by atoms with Crippen LogP contribution in [-0.2, 0) is 34.8 Å². The third-order valence-electron chi connectivity index (χ3n) is 1.74. The molecule has 0 radical (unpaired) electrons. The molecule has 4 N–H and O–H groups in total. The Hall–Kier alpha value is -0.160. The van der Waals surface area contributed by atoms with E-state index in [1.807, 2.05) is 0 Å². The Morgan fingerprint density at radius 3 is 1.83 bits per heavy atom. The lowest BCUT2D eigenvalue weighted by Crippen LogP contribution is -2.45. The molecular formula is C8H16N2O4S4. The second-order valence-electron chi connectivity index (χ2n) is 3.79. The average molecular weight is 332 g/mol. The minimum atomic E-state index is -1.03. The van der Waals surface area contributed by atoms with Crippen molar-refractivity contribution >= 4 is 62.4 Å². The summed E-state index contributed by atoms with van der Waals surface area (Å²) < 4.78 is 0.140. The third kappa shape index (κ3) is 8.86. The van der Waals surface area contributed by atoms with Gasteiger partial charge in [0.05, 0.1) is 5.75 Å². The summed E-state index contributed by atoms with van der Waals surface area (Å²) in [4.78, 5) is 20.3. The predicted octanol–water partition coefficient (Wildman–Crippen LogP) is -0.319. The Bertz CT molecular complexity index is 305. The molecule has 0 aliphatic rings. The molecule has 0 aliphatic carbocycles. The van der Waals surface area contributed by atoms with Crippen LogP contribution in [0.25, 0.3) is 0 Å². The molecule has 0 fully saturated rings. The van der Waals surface area contributed by atoms with E-state index in [0.717, 1.165) is 3.35 Å². The summed E-state index contributed by atoms with van der Waals surface area (Å²) in [5.74, 6) is -1.91. The Morgan fingerprint density at radius 1 is 1.44 bits per heavy atom. The number of thiol groups is 2. The molecule has 0 spiro atoms. The molecule has 0 bridgehead atoms. The number of rotatable bonds is 5. The summed E-state index contributed by atoms with van der Waals surface area (Å²) in [6, 6.07) is -1.74. The molecule has 0 saturated heterocycles. The van der Waals surface area contributed by atoms with Crippen molar-refractivity contribution in [2.24, 2.45) is 5.73 Å². The first-order chi connectivity index (χ1) is 7.95. The van der Waals surface area contributed by atoms with Gasteiger partial charge in [-0.05, 0) is 13.8 Å². The van der Waals surface area contributed by atoms with Gasteiger partial charge in [0.1, 0.15) is 6.04 Å². The Balaban J connectivity index is 0. The van der Waals surface area contributed by atoms with E-state index in [9.17, 15) is 9.59 Å². The van der Waals surface area contributed by atoms with Crippen molar-refractivity contribution < 1.29 is 23.2 Å². The van der Waals surface area contributed by atoms with Crippen LogP contribution in [0.5, 0.6) is 0 Å². The van der Waals surface area contributed by atoms with Crippen LogP contribution in [0.2, 0.25) is 0 Å². The molecule has 0 aromatic heterocycles. The molecule has 6 nitrogen and oxygen atoms in total. The van der Waals surface area contributed by atoms with Gasteiger partial charge in [0, 0.05) is 4.75 Å². The maximum atomic E-state index is 10.2. The standard InChI is InChI=1S/C5H11NO2S.C3H5NO2S3/c1-5(2,9)3(6)4(7)8;5-3(6)2(1-7)4(8)9/h3,9H,6H2,1-2H3,(H,7,8);2,7H,1H2,(H,5,6). The Morgan fingerprint density at radius 2 is 1.83 bits per heavy atom. The van der Waals surface area contributed by atoms with Gasteiger partial charge in [0.15, 0.2) is 0 Å². The number of nitrogens with zero attached hydrogens (tertiary/aromatic N) is 1. The zero-order valence-corrected chi connectivity index (χ0v) is 13.2. The lowest BCUT2D eigenvalue weighted by Gasteiger charge is -2.21. The van der Waals surface area contributed by atoms with Gasteiger partial charge in [-0.15, -0.1) is 0 Å². The highest BCUT2D eigenvalue weighted by atomic mass is 32.2. The van der Waals surface area contributed by atoms with Gasteiger partial charge in [0.2, 0.25) is 0 Å². The summed E-state index contributed by atoms with van der Waals surface area (Å²) in [6.07, 6.45) is 0. The first-order valence-electron chi connectivity index (χ1n) is 4.63. The van der Waals surface area contributed by atoms with E-state index in [4.69, 9.17) is 15.9 Å². The SMILES string of the molecule is CC(C)(S)C(N)C(=O)O.O=C(O)C(CS)[N+](=S)[S-]. The van der Waals surface area contributed by atoms with E-state index < -0.39 is 28.8 Å². The summed E-state index contributed by atoms with van der Waals surface area (Å²) in [6.45, 7) is 3.32. The molecule has 106 valence electrons. The van der Waals surface area contributed by atoms with E-state index in [1.54, 1.807) is 13.8 Å². The number of carbonyl (C=O) groups is 2. The summed E-state index contributed by atoms with van der Waals surface area (Å²) in [7, 11) is 0. The fourth-order valence-corrected chi connectivity index (χ4v) is 1.52. The fraction of sp³-hybridized carbons (Fsp3) is 0.750. The average Bonchev–Trinajstić information content (AvgIpc) is 2.15. The smallest absolute Gasteiger partial charge is 0.373 e. The Kier molecular flexibility index (Phi) is 9.92.